The third kappa shape index (κ3) is 7.45. The summed E-state index contributed by atoms with van der Waals surface area (Å²) in [6.45, 7) is 8.25. The second-order valence-electron chi connectivity index (χ2n) is 9.81. The maximum atomic E-state index is 12.6. The maximum absolute atomic E-state index is 12.6. The molecule has 0 saturated heterocycles. The zero-order chi connectivity index (χ0) is 23.8. The number of fused-ring (bicyclic) bond motifs is 1. The summed E-state index contributed by atoms with van der Waals surface area (Å²) in [5.74, 6) is 1.24. The monoisotopic (exact) mass is 450 g/mol. The molecule has 0 radical (unpaired) electrons. The number of hydrogen-bond donors (Lipinski definition) is 0. The minimum atomic E-state index is -0.304. The molecule has 1 aromatic rings. The van der Waals surface area contributed by atoms with Gasteiger partial charge in [-0.25, -0.2) is 4.79 Å². The number of esters is 2. The molecule has 1 aromatic carbocycles. The van der Waals surface area contributed by atoms with Crippen molar-refractivity contribution in [3.05, 3.63) is 65.8 Å². The van der Waals surface area contributed by atoms with Gasteiger partial charge in [0, 0.05) is 25.8 Å². The van der Waals surface area contributed by atoms with E-state index in [2.05, 4.69) is 39.0 Å². The summed E-state index contributed by atoms with van der Waals surface area (Å²) in [6, 6.07) is 9.77. The lowest BCUT2D eigenvalue weighted by atomic mass is 9.64. The fourth-order valence-corrected chi connectivity index (χ4v) is 5.38. The smallest absolute Gasteiger partial charge is 0.331 e. The molecule has 0 bridgehead atoms. The number of ether oxygens (including phenoxy) is 2. The second-order valence-corrected chi connectivity index (χ2v) is 9.81. The lowest BCUT2D eigenvalue weighted by molar-refractivity contribution is -0.148. The van der Waals surface area contributed by atoms with Gasteiger partial charge in [-0.1, -0.05) is 68.0 Å². The molecule has 3 rings (SSSR count). The number of hydrogen-bond acceptors (Lipinski definition) is 4. The first-order valence-electron chi connectivity index (χ1n) is 12.3. The number of benzene rings is 1. The highest BCUT2D eigenvalue weighted by atomic mass is 16.5. The van der Waals surface area contributed by atoms with E-state index >= 15 is 0 Å². The van der Waals surface area contributed by atoms with Crippen LogP contribution in [-0.2, 0) is 19.1 Å². The number of carbonyl (C=O) groups excluding carboxylic acids is 2. The van der Waals surface area contributed by atoms with Crippen molar-refractivity contribution >= 4 is 18.0 Å². The van der Waals surface area contributed by atoms with Crippen LogP contribution in [0.1, 0.15) is 65.4 Å². The van der Waals surface area contributed by atoms with Crippen LogP contribution in [0.3, 0.4) is 0 Å². The largest absolute Gasteiger partial charge is 0.462 e. The highest BCUT2D eigenvalue weighted by Gasteiger charge is 2.38. The average molecular weight is 451 g/mol. The van der Waals surface area contributed by atoms with Gasteiger partial charge in [0.25, 0.3) is 0 Å². The van der Waals surface area contributed by atoms with Crippen LogP contribution in [0.5, 0.6) is 0 Å². The Bertz CT molecular complexity index is 880. The van der Waals surface area contributed by atoms with Crippen molar-refractivity contribution in [2.75, 3.05) is 0 Å². The Labute approximate surface area is 198 Å². The van der Waals surface area contributed by atoms with Crippen LogP contribution < -0.4 is 0 Å². The van der Waals surface area contributed by atoms with Crippen LogP contribution in [0.4, 0.5) is 0 Å². The van der Waals surface area contributed by atoms with Crippen LogP contribution in [0, 0.1) is 23.7 Å². The second kappa shape index (κ2) is 12.0. The van der Waals surface area contributed by atoms with Crippen molar-refractivity contribution in [3.63, 3.8) is 0 Å². The standard InChI is InChI=1S/C29H38O4/c1-20(2)26-16-14-21(3)27-18-25(33-29(31)17-15-23-10-6-5-7-11-23)13-9-8-12-24(19-28(26)27)32-22(4)30/h5-11,14-15,17,20,24-28H,12-13,16,18-19H2,1-4H3/b9-8-,17-15+/t24-,25-,26-,27+,28-/m1/s1. The summed E-state index contributed by atoms with van der Waals surface area (Å²) in [4.78, 5) is 24.3. The molecule has 0 spiro atoms. The van der Waals surface area contributed by atoms with Gasteiger partial charge >= 0.3 is 11.9 Å². The van der Waals surface area contributed by atoms with E-state index in [4.69, 9.17) is 9.47 Å². The lowest BCUT2D eigenvalue weighted by Gasteiger charge is -2.42. The minimum Gasteiger partial charge on any atom is -0.462 e. The van der Waals surface area contributed by atoms with E-state index in [-0.39, 0.29) is 24.1 Å². The van der Waals surface area contributed by atoms with Crippen molar-refractivity contribution < 1.29 is 19.1 Å². The van der Waals surface area contributed by atoms with E-state index in [1.807, 2.05) is 30.3 Å². The molecule has 4 nitrogen and oxygen atoms in total. The summed E-state index contributed by atoms with van der Waals surface area (Å²) >= 11 is 0. The Balaban J connectivity index is 1.80. The molecular weight excluding hydrogens is 412 g/mol. The van der Waals surface area contributed by atoms with Crippen molar-refractivity contribution in [1.29, 1.82) is 0 Å². The average Bonchev–Trinajstić information content (AvgIpc) is 2.77. The van der Waals surface area contributed by atoms with E-state index in [1.165, 1.54) is 18.6 Å². The molecular formula is C29H38O4. The predicted octanol–water partition coefficient (Wildman–Crippen LogP) is 6.53. The highest BCUT2D eigenvalue weighted by Crippen LogP contribution is 2.44. The molecule has 178 valence electrons. The van der Waals surface area contributed by atoms with Crippen LogP contribution in [0.15, 0.2) is 60.2 Å². The zero-order valence-corrected chi connectivity index (χ0v) is 20.4. The normalized spacial score (nSPS) is 29.1. The van der Waals surface area contributed by atoms with Crippen LogP contribution >= 0.6 is 0 Å². The van der Waals surface area contributed by atoms with E-state index in [0.29, 0.717) is 36.5 Å². The molecule has 0 aromatic heterocycles. The fourth-order valence-electron chi connectivity index (χ4n) is 5.38. The molecule has 4 heteroatoms. The Morgan fingerprint density at radius 2 is 1.64 bits per heavy atom. The van der Waals surface area contributed by atoms with Gasteiger partial charge in [-0.3, -0.25) is 4.79 Å². The maximum Gasteiger partial charge on any atom is 0.331 e. The Morgan fingerprint density at radius 1 is 0.970 bits per heavy atom. The molecule has 0 N–H and O–H groups in total. The molecule has 2 aliphatic carbocycles. The molecule has 5 atom stereocenters. The predicted molar refractivity (Wildman–Crippen MR) is 132 cm³/mol. The molecule has 0 saturated carbocycles. The van der Waals surface area contributed by atoms with Crippen molar-refractivity contribution in [1.82, 2.24) is 0 Å². The molecule has 0 fully saturated rings. The van der Waals surface area contributed by atoms with Crippen LogP contribution in [0.25, 0.3) is 6.08 Å². The van der Waals surface area contributed by atoms with Gasteiger partial charge in [-0.2, -0.15) is 0 Å². The first kappa shape index (κ1) is 25.0. The Hall–Kier alpha value is -2.62. The fraction of sp³-hybridized carbons (Fsp3) is 0.517. The van der Waals surface area contributed by atoms with Crippen molar-refractivity contribution in [3.8, 4) is 0 Å². The molecule has 0 amide bonds. The van der Waals surface area contributed by atoms with Gasteiger partial charge in [-0.05, 0) is 61.5 Å². The van der Waals surface area contributed by atoms with Crippen LogP contribution in [0.2, 0.25) is 0 Å². The quantitative estimate of drug-likeness (QED) is 0.291. The minimum absolute atomic E-state index is 0.105. The summed E-state index contributed by atoms with van der Waals surface area (Å²) in [7, 11) is 0. The van der Waals surface area contributed by atoms with Gasteiger partial charge in [0.15, 0.2) is 0 Å². The lowest BCUT2D eigenvalue weighted by Crippen LogP contribution is -2.37. The molecule has 0 aliphatic heterocycles. The molecule has 0 unspecified atom stereocenters. The zero-order valence-electron chi connectivity index (χ0n) is 20.4. The van der Waals surface area contributed by atoms with Gasteiger partial charge < -0.3 is 9.47 Å². The number of allylic oxidation sites excluding steroid dienone is 2. The van der Waals surface area contributed by atoms with E-state index in [1.54, 1.807) is 6.08 Å². The van der Waals surface area contributed by atoms with E-state index < -0.39 is 0 Å². The van der Waals surface area contributed by atoms with Gasteiger partial charge in [-0.15, -0.1) is 0 Å². The Kier molecular flexibility index (Phi) is 9.11. The highest BCUT2D eigenvalue weighted by molar-refractivity contribution is 5.87. The third-order valence-electron chi connectivity index (χ3n) is 7.06. The molecule has 33 heavy (non-hydrogen) atoms. The van der Waals surface area contributed by atoms with Gasteiger partial charge in [0.05, 0.1) is 0 Å². The third-order valence-corrected chi connectivity index (χ3v) is 7.06. The van der Waals surface area contributed by atoms with E-state index in [0.717, 1.165) is 24.8 Å². The summed E-state index contributed by atoms with van der Waals surface area (Å²) in [5.41, 5.74) is 2.34. The summed E-state index contributed by atoms with van der Waals surface area (Å²) < 4.78 is 11.6. The van der Waals surface area contributed by atoms with Crippen molar-refractivity contribution in [2.45, 2.75) is 72.0 Å². The summed E-state index contributed by atoms with van der Waals surface area (Å²) in [6.07, 6.45) is 13.6. The van der Waals surface area contributed by atoms with E-state index in [9.17, 15) is 9.59 Å². The summed E-state index contributed by atoms with van der Waals surface area (Å²) in [5, 5.41) is 0. The SMILES string of the molecule is CC(=O)O[C@@H]1C/C=C\C[C@@H](OC(=O)/C=C/c2ccccc2)C[C@H]2C(C)=CC[C@H](C(C)C)[C@H]2C1. The van der Waals surface area contributed by atoms with Crippen molar-refractivity contribution in [2.24, 2.45) is 23.7 Å². The van der Waals surface area contributed by atoms with Gasteiger partial charge in [0.2, 0.25) is 0 Å². The Morgan fingerprint density at radius 3 is 2.27 bits per heavy atom. The number of rotatable bonds is 5. The van der Waals surface area contributed by atoms with Crippen LogP contribution in [-0.4, -0.2) is 24.1 Å². The molecule has 0 heterocycles. The molecule has 2 aliphatic rings. The first-order valence-corrected chi connectivity index (χ1v) is 12.3. The number of carbonyl (C=O) groups is 2. The van der Waals surface area contributed by atoms with Gasteiger partial charge in [0.1, 0.15) is 12.2 Å². The first-order chi connectivity index (χ1) is 15.8. The topological polar surface area (TPSA) is 52.6 Å².